The van der Waals surface area contributed by atoms with E-state index in [0.29, 0.717) is 19.7 Å². The molecule has 0 unspecified atom stereocenters. The second-order valence-corrected chi connectivity index (χ2v) is 6.77. The monoisotopic (exact) mass is 333 g/mol. The van der Waals surface area contributed by atoms with E-state index < -0.39 is 0 Å². The van der Waals surface area contributed by atoms with Gasteiger partial charge in [0, 0.05) is 37.6 Å². The fraction of sp³-hybridized carbons (Fsp3) is 0.611. The van der Waals surface area contributed by atoms with Gasteiger partial charge < -0.3 is 24.6 Å². The van der Waals surface area contributed by atoms with Crippen LogP contribution in [0, 0.1) is 0 Å². The number of anilines is 2. The molecule has 6 nitrogen and oxygen atoms in total. The third-order valence-corrected chi connectivity index (χ3v) is 4.43. The van der Waals surface area contributed by atoms with Crippen molar-refractivity contribution in [3.63, 3.8) is 0 Å². The molecule has 2 fully saturated rings. The molecule has 0 spiro atoms. The topological polar surface area (TPSA) is 54.0 Å². The normalized spacial score (nSPS) is 27.9. The Hall–Kier alpha value is -1.79. The van der Waals surface area contributed by atoms with E-state index in [1.807, 2.05) is 19.1 Å². The highest BCUT2D eigenvalue weighted by molar-refractivity contribution is 5.89. The highest BCUT2D eigenvalue weighted by Crippen LogP contribution is 2.22. The number of benzene rings is 1. The molecule has 0 radical (unpaired) electrons. The SMILES string of the molecule is C[C@@H]1CN(C(=O)Nc2ccc(N3C[C@@H](C)O[C@@H](C)C3)cc2)CCO1. The van der Waals surface area contributed by atoms with Crippen LogP contribution < -0.4 is 10.2 Å². The Labute approximate surface area is 143 Å². The van der Waals surface area contributed by atoms with Gasteiger partial charge in [-0.1, -0.05) is 0 Å². The van der Waals surface area contributed by atoms with Crippen LogP contribution in [-0.4, -0.2) is 62.0 Å². The van der Waals surface area contributed by atoms with Gasteiger partial charge in [-0.05, 0) is 45.0 Å². The number of rotatable bonds is 2. The minimum absolute atomic E-state index is 0.0634. The number of nitrogens with one attached hydrogen (secondary N) is 1. The Morgan fingerprint density at radius 1 is 1.04 bits per heavy atom. The molecule has 1 N–H and O–H groups in total. The molecule has 0 saturated carbocycles. The first-order chi connectivity index (χ1) is 11.5. The van der Waals surface area contributed by atoms with Crippen molar-refractivity contribution in [1.29, 1.82) is 0 Å². The average molecular weight is 333 g/mol. The molecule has 132 valence electrons. The average Bonchev–Trinajstić information content (AvgIpc) is 2.54. The first-order valence-electron chi connectivity index (χ1n) is 8.69. The number of ether oxygens (including phenoxy) is 2. The molecule has 2 aliphatic rings. The maximum absolute atomic E-state index is 12.3. The summed E-state index contributed by atoms with van der Waals surface area (Å²) in [7, 11) is 0. The maximum atomic E-state index is 12.3. The first kappa shape index (κ1) is 17.0. The second-order valence-electron chi connectivity index (χ2n) is 6.77. The quantitative estimate of drug-likeness (QED) is 0.904. The van der Waals surface area contributed by atoms with Crippen LogP contribution in [-0.2, 0) is 9.47 Å². The number of morpholine rings is 2. The van der Waals surface area contributed by atoms with E-state index in [4.69, 9.17) is 9.47 Å². The van der Waals surface area contributed by atoms with Gasteiger partial charge in [0.05, 0.1) is 24.9 Å². The molecule has 3 rings (SSSR count). The highest BCUT2D eigenvalue weighted by Gasteiger charge is 2.23. The zero-order valence-corrected chi connectivity index (χ0v) is 14.7. The third kappa shape index (κ3) is 4.19. The third-order valence-electron chi connectivity index (χ3n) is 4.43. The lowest BCUT2D eigenvalue weighted by molar-refractivity contribution is -0.00522. The summed E-state index contributed by atoms with van der Waals surface area (Å²) in [6.45, 7) is 9.83. The second kappa shape index (κ2) is 7.40. The zero-order chi connectivity index (χ0) is 17.1. The number of carbonyl (C=O) groups excluding carboxylic acids is 1. The van der Waals surface area contributed by atoms with Gasteiger partial charge in [-0.2, -0.15) is 0 Å². The minimum Gasteiger partial charge on any atom is -0.375 e. The summed E-state index contributed by atoms with van der Waals surface area (Å²) in [5.41, 5.74) is 1.98. The molecule has 3 atom stereocenters. The van der Waals surface area contributed by atoms with Crippen LogP contribution in [0.5, 0.6) is 0 Å². The van der Waals surface area contributed by atoms with Gasteiger partial charge in [-0.15, -0.1) is 0 Å². The van der Waals surface area contributed by atoms with Crippen LogP contribution in [0.15, 0.2) is 24.3 Å². The standard InChI is InChI=1S/C18H27N3O3/c1-13-10-20(8-9-23-13)18(22)19-16-4-6-17(7-5-16)21-11-14(2)24-15(3)12-21/h4-7,13-15H,8-12H2,1-3H3,(H,19,22)/t13-,14-,15+/m1/s1. The van der Waals surface area contributed by atoms with E-state index in [9.17, 15) is 4.79 Å². The van der Waals surface area contributed by atoms with Gasteiger partial charge in [0.15, 0.2) is 0 Å². The van der Waals surface area contributed by atoms with Crippen LogP contribution in [0.2, 0.25) is 0 Å². The van der Waals surface area contributed by atoms with Gasteiger partial charge in [-0.25, -0.2) is 4.79 Å². The zero-order valence-electron chi connectivity index (χ0n) is 14.7. The van der Waals surface area contributed by atoms with E-state index >= 15 is 0 Å². The lowest BCUT2D eigenvalue weighted by Crippen LogP contribution is -2.46. The van der Waals surface area contributed by atoms with Gasteiger partial charge in [0.25, 0.3) is 0 Å². The van der Waals surface area contributed by atoms with E-state index in [-0.39, 0.29) is 24.3 Å². The molecule has 1 aromatic rings. The van der Waals surface area contributed by atoms with Crippen LogP contribution in [0.25, 0.3) is 0 Å². The van der Waals surface area contributed by atoms with E-state index in [1.165, 1.54) is 0 Å². The molecule has 6 heteroatoms. The van der Waals surface area contributed by atoms with Crippen molar-refractivity contribution < 1.29 is 14.3 Å². The molecule has 0 bridgehead atoms. The molecule has 2 saturated heterocycles. The Bertz CT molecular complexity index is 553. The van der Waals surface area contributed by atoms with Crippen molar-refractivity contribution in [3.8, 4) is 0 Å². The number of amides is 2. The lowest BCUT2D eigenvalue weighted by atomic mass is 10.2. The van der Waals surface area contributed by atoms with E-state index in [1.54, 1.807) is 4.90 Å². The smallest absolute Gasteiger partial charge is 0.322 e. The van der Waals surface area contributed by atoms with Gasteiger partial charge in [0.1, 0.15) is 0 Å². The molecule has 2 aliphatic heterocycles. The highest BCUT2D eigenvalue weighted by atomic mass is 16.5. The van der Waals surface area contributed by atoms with Crippen LogP contribution in [0.4, 0.5) is 16.2 Å². The van der Waals surface area contributed by atoms with Crippen LogP contribution >= 0.6 is 0 Å². The molecule has 1 aromatic carbocycles. The molecule has 2 amide bonds. The minimum atomic E-state index is -0.0634. The van der Waals surface area contributed by atoms with Crippen LogP contribution in [0.3, 0.4) is 0 Å². The largest absolute Gasteiger partial charge is 0.375 e. The van der Waals surface area contributed by atoms with Crippen molar-refractivity contribution in [1.82, 2.24) is 4.90 Å². The summed E-state index contributed by atoms with van der Waals surface area (Å²) < 4.78 is 11.2. The Morgan fingerprint density at radius 2 is 1.71 bits per heavy atom. The van der Waals surface area contributed by atoms with E-state index in [2.05, 4.69) is 36.2 Å². The fourth-order valence-electron chi connectivity index (χ4n) is 3.35. The summed E-state index contributed by atoms with van der Waals surface area (Å²) in [5.74, 6) is 0. The maximum Gasteiger partial charge on any atom is 0.322 e. The molecule has 0 aliphatic carbocycles. The first-order valence-corrected chi connectivity index (χ1v) is 8.69. The summed E-state index contributed by atoms with van der Waals surface area (Å²) in [6.07, 6.45) is 0.560. The van der Waals surface area contributed by atoms with Gasteiger partial charge >= 0.3 is 6.03 Å². The molecule has 2 heterocycles. The van der Waals surface area contributed by atoms with Crippen molar-refractivity contribution >= 4 is 17.4 Å². The molecule has 24 heavy (non-hydrogen) atoms. The predicted molar refractivity (Wildman–Crippen MR) is 94.7 cm³/mol. The van der Waals surface area contributed by atoms with Gasteiger partial charge in [0.2, 0.25) is 0 Å². The fourth-order valence-corrected chi connectivity index (χ4v) is 3.35. The number of carbonyl (C=O) groups is 1. The molecule has 0 aromatic heterocycles. The molecular formula is C18H27N3O3. The van der Waals surface area contributed by atoms with Crippen molar-refractivity contribution in [2.75, 3.05) is 43.0 Å². The van der Waals surface area contributed by atoms with Crippen molar-refractivity contribution in [2.24, 2.45) is 0 Å². The number of hydrogen-bond donors (Lipinski definition) is 1. The Morgan fingerprint density at radius 3 is 2.33 bits per heavy atom. The predicted octanol–water partition coefficient (Wildman–Crippen LogP) is 2.55. The Kier molecular flexibility index (Phi) is 5.26. The van der Waals surface area contributed by atoms with Crippen molar-refractivity contribution in [3.05, 3.63) is 24.3 Å². The van der Waals surface area contributed by atoms with Crippen molar-refractivity contribution in [2.45, 2.75) is 39.1 Å². The van der Waals surface area contributed by atoms with Gasteiger partial charge in [-0.3, -0.25) is 0 Å². The summed E-state index contributed by atoms with van der Waals surface area (Å²) >= 11 is 0. The number of nitrogens with zero attached hydrogens (tertiary/aromatic N) is 2. The summed E-state index contributed by atoms with van der Waals surface area (Å²) in [4.78, 5) is 16.4. The summed E-state index contributed by atoms with van der Waals surface area (Å²) in [6, 6.07) is 7.97. The number of urea groups is 1. The number of hydrogen-bond acceptors (Lipinski definition) is 4. The lowest BCUT2D eigenvalue weighted by Gasteiger charge is -2.37. The summed E-state index contributed by atoms with van der Waals surface area (Å²) in [5, 5.41) is 2.97. The molecular weight excluding hydrogens is 306 g/mol. The van der Waals surface area contributed by atoms with Crippen LogP contribution in [0.1, 0.15) is 20.8 Å². The Balaban J connectivity index is 1.59. The van der Waals surface area contributed by atoms with E-state index in [0.717, 1.165) is 24.5 Å².